The summed E-state index contributed by atoms with van der Waals surface area (Å²) in [5, 5.41) is 4.40. The molecule has 144 valence electrons. The van der Waals surface area contributed by atoms with Crippen LogP contribution < -0.4 is 0 Å². The van der Waals surface area contributed by atoms with Gasteiger partial charge in [0.15, 0.2) is 5.84 Å². The van der Waals surface area contributed by atoms with Crippen LogP contribution in [0.15, 0.2) is 60.3 Å². The Labute approximate surface area is 167 Å². The fraction of sp³-hybridized carbons (Fsp3) is 0.190. The number of aromatic nitrogens is 5. The molecule has 0 fully saturated rings. The zero-order chi connectivity index (χ0) is 20.0. The first kappa shape index (κ1) is 17.4. The molecule has 0 amide bonds. The van der Waals surface area contributed by atoms with Gasteiger partial charge in [-0.05, 0) is 18.9 Å². The molecule has 2 aliphatic rings. The molecule has 0 aliphatic carbocycles. The van der Waals surface area contributed by atoms with Crippen LogP contribution in [0.25, 0.3) is 17.0 Å². The van der Waals surface area contributed by atoms with E-state index >= 15 is 0 Å². The normalized spacial score (nSPS) is 15.9. The van der Waals surface area contributed by atoms with Crippen LogP contribution in [0, 0.1) is 12.9 Å². The Morgan fingerprint density at radius 2 is 1.97 bits per heavy atom. The first-order valence-corrected chi connectivity index (χ1v) is 9.30. The number of aryl methyl sites for hydroxylation is 1. The van der Waals surface area contributed by atoms with E-state index in [2.05, 4.69) is 42.6 Å². The summed E-state index contributed by atoms with van der Waals surface area (Å²) in [6, 6.07) is 6.06. The lowest BCUT2D eigenvalue weighted by atomic mass is 9.90. The first-order valence-electron chi connectivity index (χ1n) is 9.30. The average molecular weight is 387 g/mol. The van der Waals surface area contributed by atoms with E-state index in [0.717, 1.165) is 47.2 Å². The molecule has 0 N–H and O–H groups in total. The van der Waals surface area contributed by atoms with Crippen molar-refractivity contribution < 1.29 is 4.39 Å². The van der Waals surface area contributed by atoms with Gasteiger partial charge in [0.2, 0.25) is 5.95 Å². The number of benzene rings is 1. The molecule has 0 spiro atoms. The van der Waals surface area contributed by atoms with Crippen molar-refractivity contribution in [2.24, 2.45) is 4.99 Å². The number of hydrogen-bond acceptors (Lipinski definition) is 6. The van der Waals surface area contributed by atoms with E-state index in [1.807, 2.05) is 25.1 Å². The molecular weight excluding hydrogens is 369 g/mol. The fourth-order valence-electron chi connectivity index (χ4n) is 3.78. The lowest BCUT2D eigenvalue weighted by Crippen LogP contribution is -2.29. The molecule has 0 radical (unpaired) electrons. The van der Waals surface area contributed by atoms with Gasteiger partial charge < -0.3 is 4.90 Å². The van der Waals surface area contributed by atoms with Gasteiger partial charge in [-0.2, -0.15) is 9.49 Å². The minimum absolute atomic E-state index is 0.493. The van der Waals surface area contributed by atoms with Crippen LogP contribution in [0.2, 0.25) is 0 Å². The largest absolute Gasteiger partial charge is 0.343 e. The molecule has 0 saturated heterocycles. The number of rotatable bonds is 1. The second kappa shape index (κ2) is 6.73. The zero-order valence-corrected chi connectivity index (χ0v) is 15.9. The van der Waals surface area contributed by atoms with Gasteiger partial charge in [-0.15, -0.1) is 0 Å². The highest BCUT2D eigenvalue weighted by Gasteiger charge is 2.27. The summed E-state index contributed by atoms with van der Waals surface area (Å²) in [5.41, 5.74) is 5.79. The molecule has 0 atom stereocenters. The minimum Gasteiger partial charge on any atom is -0.343 e. The van der Waals surface area contributed by atoms with Crippen molar-refractivity contribution >= 4 is 11.5 Å². The van der Waals surface area contributed by atoms with Gasteiger partial charge in [0.25, 0.3) is 0 Å². The van der Waals surface area contributed by atoms with Crippen LogP contribution in [0.1, 0.15) is 17.0 Å². The highest BCUT2D eigenvalue weighted by atomic mass is 19.1. The Morgan fingerprint density at radius 1 is 1.10 bits per heavy atom. The monoisotopic (exact) mass is 387 g/mol. The van der Waals surface area contributed by atoms with Crippen LogP contribution in [-0.2, 0) is 6.42 Å². The van der Waals surface area contributed by atoms with E-state index in [-0.39, 0.29) is 0 Å². The lowest BCUT2D eigenvalue weighted by Gasteiger charge is -2.34. The smallest absolute Gasteiger partial charge is 0.231 e. The Bertz CT molecular complexity index is 1170. The van der Waals surface area contributed by atoms with Crippen molar-refractivity contribution in [1.29, 1.82) is 0 Å². The quantitative estimate of drug-likeness (QED) is 0.642. The van der Waals surface area contributed by atoms with E-state index in [4.69, 9.17) is 0 Å². The predicted molar refractivity (Wildman–Crippen MR) is 107 cm³/mol. The number of halogens is 1. The molecule has 2 aliphatic heterocycles. The van der Waals surface area contributed by atoms with Gasteiger partial charge >= 0.3 is 0 Å². The summed E-state index contributed by atoms with van der Waals surface area (Å²) in [4.78, 5) is 19.1. The maximum atomic E-state index is 13.2. The van der Waals surface area contributed by atoms with Crippen LogP contribution in [-0.4, -0.2) is 48.6 Å². The van der Waals surface area contributed by atoms with Crippen LogP contribution in [0.3, 0.4) is 0 Å². The third-order valence-electron chi connectivity index (χ3n) is 5.14. The van der Waals surface area contributed by atoms with Crippen molar-refractivity contribution in [3.8, 4) is 11.3 Å². The summed E-state index contributed by atoms with van der Waals surface area (Å²) >= 11 is 0. The molecular formula is C21H18FN7. The number of allylic oxidation sites excluding steroid dienone is 1. The van der Waals surface area contributed by atoms with Gasteiger partial charge in [-0.3, -0.25) is 4.99 Å². The Morgan fingerprint density at radius 3 is 2.72 bits per heavy atom. The molecule has 8 heteroatoms. The number of nitrogens with zero attached hydrogens (tertiary/aromatic N) is 7. The summed E-state index contributed by atoms with van der Waals surface area (Å²) in [5.74, 6) is 0.813. The molecule has 3 aromatic rings. The van der Waals surface area contributed by atoms with E-state index in [1.54, 1.807) is 11.0 Å². The van der Waals surface area contributed by atoms with E-state index < -0.39 is 5.95 Å². The van der Waals surface area contributed by atoms with Crippen molar-refractivity contribution in [2.45, 2.75) is 13.3 Å². The van der Waals surface area contributed by atoms with Crippen molar-refractivity contribution in [1.82, 2.24) is 29.6 Å². The zero-order valence-electron chi connectivity index (χ0n) is 15.9. The van der Waals surface area contributed by atoms with Gasteiger partial charge in [-0.25, -0.2) is 19.6 Å². The summed E-state index contributed by atoms with van der Waals surface area (Å²) in [6.07, 6.45) is 7.12. The molecule has 0 bridgehead atoms. The van der Waals surface area contributed by atoms with E-state index in [0.29, 0.717) is 23.9 Å². The SMILES string of the molecule is C=C1CN=C(n2cnc(C)n2)C=C2c3cccc(-c4cnc(F)cn4)c3CCN12. The Balaban J connectivity index is 1.65. The Kier molecular flexibility index (Phi) is 4.04. The van der Waals surface area contributed by atoms with Gasteiger partial charge in [0, 0.05) is 29.4 Å². The van der Waals surface area contributed by atoms with Gasteiger partial charge in [0.05, 0.1) is 30.3 Å². The molecule has 5 rings (SSSR count). The van der Waals surface area contributed by atoms with Crippen molar-refractivity contribution in [3.63, 3.8) is 0 Å². The van der Waals surface area contributed by atoms with Crippen LogP contribution in [0.4, 0.5) is 4.39 Å². The summed E-state index contributed by atoms with van der Waals surface area (Å²) in [6.45, 7) is 7.34. The van der Waals surface area contributed by atoms with E-state index in [9.17, 15) is 4.39 Å². The summed E-state index contributed by atoms with van der Waals surface area (Å²) in [7, 11) is 0. The molecule has 2 aromatic heterocycles. The molecule has 7 nitrogen and oxygen atoms in total. The third kappa shape index (κ3) is 3.02. The molecule has 29 heavy (non-hydrogen) atoms. The van der Waals surface area contributed by atoms with Crippen molar-refractivity contribution in [3.05, 3.63) is 78.2 Å². The van der Waals surface area contributed by atoms with Crippen LogP contribution in [0.5, 0.6) is 0 Å². The Hall–Kier alpha value is -3.68. The van der Waals surface area contributed by atoms with Gasteiger partial charge in [0.1, 0.15) is 12.2 Å². The topological polar surface area (TPSA) is 72.1 Å². The maximum absolute atomic E-state index is 13.2. The van der Waals surface area contributed by atoms with Crippen molar-refractivity contribution in [2.75, 3.05) is 13.1 Å². The first-order chi connectivity index (χ1) is 14.1. The summed E-state index contributed by atoms with van der Waals surface area (Å²) < 4.78 is 14.9. The number of hydrogen-bond donors (Lipinski definition) is 0. The molecule has 0 unspecified atom stereocenters. The minimum atomic E-state index is -0.587. The molecule has 0 saturated carbocycles. The number of aliphatic imine (C=N–C) groups is 1. The average Bonchev–Trinajstić information content (AvgIpc) is 3.09. The highest BCUT2D eigenvalue weighted by Crippen LogP contribution is 2.37. The highest BCUT2D eigenvalue weighted by molar-refractivity contribution is 6.01. The molecule has 1 aromatic carbocycles. The second-order valence-corrected chi connectivity index (χ2v) is 6.96. The van der Waals surface area contributed by atoms with Crippen LogP contribution >= 0.6 is 0 Å². The van der Waals surface area contributed by atoms with Gasteiger partial charge in [-0.1, -0.05) is 24.8 Å². The second-order valence-electron chi connectivity index (χ2n) is 6.96. The maximum Gasteiger partial charge on any atom is 0.231 e. The van der Waals surface area contributed by atoms with E-state index in [1.165, 1.54) is 6.20 Å². The standard InChI is InChI=1S/C21H18FN7/c1-13-9-25-21(29-12-26-14(2)27-29)8-19-17-5-3-4-16(15(17)6-7-28(13)19)18-10-24-20(22)11-23-18/h3-5,8,10-12H,1,6-7,9H2,2H3. The fourth-order valence-corrected chi connectivity index (χ4v) is 3.78. The lowest BCUT2D eigenvalue weighted by molar-refractivity contribution is 0.473. The third-order valence-corrected chi connectivity index (χ3v) is 5.14. The predicted octanol–water partition coefficient (Wildman–Crippen LogP) is 2.86. The molecule has 4 heterocycles. The number of fused-ring (bicyclic) bond motifs is 3.